The molecule has 0 atom stereocenters. The fourth-order valence-corrected chi connectivity index (χ4v) is 3.88. The fourth-order valence-electron chi connectivity index (χ4n) is 3.88. The monoisotopic (exact) mass is 506 g/mol. The van der Waals surface area contributed by atoms with Gasteiger partial charge < -0.3 is 33.9 Å². The van der Waals surface area contributed by atoms with E-state index in [0.29, 0.717) is 11.5 Å². The normalized spacial score (nSPS) is 13.7. The van der Waals surface area contributed by atoms with Crippen molar-refractivity contribution < 1.29 is 43.5 Å². The molecule has 2 aromatic carbocycles. The van der Waals surface area contributed by atoms with Gasteiger partial charge in [-0.1, -0.05) is 6.07 Å². The van der Waals surface area contributed by atoms with Crippen LogP contribution in [-0.4, -0.2) is 93.7 Å². The molecule has 0 saturated carbocycles. The van der Waals surface area contributed by atoms with Crippen LogP contribution in [0.1, 0.15) is 11.1 Å². The molecular formula is C25H34N2O9. The second-order valence-corrected chi connectivity index (χ2v) is 7.83. The summed E-state index contributed by atoms with van der Waals surface area (Å²) in [6, 6.07) is 9.93. The van der Waals surface area contributed by atoms with E-state index < -0.39 is 11.9 Å². The van der Waals surface area contributed by atoms with Crippen LogP contribution in [0.25, 0.3) is 0 Å². The maximum Gasteiger partial charge on any atom is 0.414 e. The van der Waals surface area contributed by atoms with Crippen molar-refractivity contribution in [3.8, 4) is 28.7 Å². The lowest BCUT2D eigenvalue weighted by Gasteiger charge is -2.35. The van der Waals surface area contributed by atoms with Crippen molar-refractivity contribution in [2.45, 2.75) is 13.1 Å². The van der Waals surface area contributed by atoms with Crippen LogP contribution in [0, 0.1) is 0 Å². The maximum atomic E-state index is 9.10. The van der Waals surface area contributed by atoms with Crippen molar-refractivity contribution in [3.63, 3.8) is 0 Å². The summed E-state index contributed by atoms with van der Waals surface area (Å²) >= 11 is 0. The number of rotatable bonds is 9. The highest BCUT2D eigenvalue weighted by Gasteiger charge is 2.22. The van der Waals surface area contributed by atoms with Gasteiger partial charge in [0, 0.05) is 50.4 Å². The molecule has 1 heterocycles. The number of aliphatic carboxylic acids is 2. The number of methoxy groups -OCH3 is 5. The second kappa shape index (κ2) is 14.0. The van der Waals surface area contributed by atoms with Gasteiger partial charge in [0.1, 0.15) is 11.5 Å². The van der Waals surface area contributed by atoms with Crippen molar-refractivity contribution in [1.29, 1.82) is 0 Å². The molecule has 198 valence electrons. The smallest absolute Gasteiger partial charge is 0.414 e. The molecule has 1 aliphatic heterocycles. The van der Waals surface area contributed by atoms with Crippen LogP contribution in [0.4, 0.5) is 0 Å². The second-order valence-electron chi connectivity index (χ2n) is 7.83. The van der Waals surface area contributed by atoms with Crippen LogP contribution in [-0.2, 0) is 22.7 Å². The van der Waals surface area contributed by atoms with E-state index in [1.807, 2.05) is 24.3 Å². The van der Waals surface area contributed by atoms with Crippen LogP contribution >= 0.6 is 0 Å². The Morgan fingerprint density at radius 3 is 1.61 bits per heavy atom. The van der Waals surface area contributed by atoms with Crippen LogP contribution in [0.2, 0.25) is 0 Å². The summed E-state index contributed by atoms with van der Waals surface area (Å²) in [5, 5.41) is 14.8. The average Bonchev–Trinajstić information content (AvgIpc) is 2.89. The van der Waals surface area contributed by atoms with Gasteiger partial charge in [-0.15, -0.1) is 0 Å². The standard InChI is InChI=1S/C23H32N2O5.C2H2O4/c1-26-19-7-9-20(27-2)18(14-19)16-25-12-10-24(11-13-25)15-17-6-8-21(28-3)23(30-5)22(17)29-4;3-1(4)2(5)6/h6-9,14H,10-13,15-16H2,1-5H3;(H,3,4)(H,5,6). The van der Waals surface area contributed by atoms with Crippen molar-refractivity contribution in [1.82, 2.24) is 9.80 Å². The average molecular weight is 507 g/mol. The molecule has 0 spiro atoms. The van der Waals surface area contributed by atoms with Gasteiger partial charge in [-0.05, 0) is 24.3 Å². The Labute approximate surface area is 210 Å². The number of piperazine rings is 1. The lowest BCUT2D eigenvalue weighted by atomic mass is 10.1. The van der Waals surface area contributed by atoms with Gasteiger partial charge in [0.15, 0.2) is 11.5 Å². The number of nitrogens with zero attached hydrogens (tertiary/aromatic N) is 2. The summed E-state index contributed by atoms with van der Waals surface area (Å²) in [6.07, 6.45) is 0. The Balaban J connectivity index is 0.000000678. The largest absolute Gasteiger partial charge is 0.497 e. The van der Waals surface area contributed by atoms with E-state index in [1.54, 1.807) is 35.5 Å². The number of ether oxygens (including phenoxy) is 5. The van der Waals surface area contributed by atoms with Gasteiger partial charge in [-0.25, -0.2) is 9.59 Å². The third kappa shape index (κ3) is 7.65. The summed E-state index contributed by atoms with van der Waals surface area (Å²) in [5.74, 6) is 0.153. The van der Waals surface area contributed by atoms with E-state index >= 15 is 0 Å². The summed E-state index contributed by atoms with van der Waals surface area (Å²) in [7, 11) is 8.33. The molecule has 1 fully saturated rings. The minimum Gasteiger partial charge on any atom is -0.497 e. The molecule has 2 aromatic rings. The lowest BCUT2D eigenvalue weighted by Crippen LogP contribution is -2.45. The zero-order valence-corrected chi connectivity index (χ0v) is 21.3. The van der Waals surface area contributed by atoms with E-state index in [0.717, 1.165) is 67.6 Å². The van der Waals surface area contributed by atoms with E-state index in [9.17, 15) is 0 Å². The molecule has 1 aliphatic rings. The summed E-state index contributed by atoms with van der Waals surface area (Å²) in [4.78, 5) is 23.1. The molecular weight excluding hydrogens is 472 g/mol. The first-order valence-electron chi connectivity index (χ1n) is 11.2. The molecule has 36 heavy (non-hydrogen) atoms. The minimum absolute atomic E-state index is 0.640. The molecule has 0 bridgehead atoms. The number of hydrogen-bond donors (Lipinski definition) is 2. The molecule has 1 saturated heterocycles. The number of carboxylic acid groups (broad SMARTS) is 2. The van der Waals surface area contributed by atoms with Crippen LogP contribution < -0.4 is 23.7 Å². The molecule has 0 unspecified atom stereocenters. The van der Waals surface area contributed by atoms with E-state index in [1.165, 1.54) is 0 Å². The summed E-state index contributed by atoms with van der Waals surface area (Å²) < 4.78 is 27.4. The quantitative estimate of drug-likeness (QED) is 0.486. The first-order valence-corrected chi connectivity index (χ1v) is 11.2. The van der Waals surface area contributed by atoms with Gasteiger partial charge in [0.05, 0.1) is 35.5 Å². The fraction of sp³-hybridized carbons (Fsp3) is 0.440. The van der Waals surface area contributed by atoms with Crippen molar-refractivity contribution in [2.24, 2.45) is 0 Å². The lowest BCUT2D eigenvalue weighted by molar-refractivity contribution is -0.159. The Bertz CT molecular complexity index is 1010. The molecule has 0 radical (unpaired) electrons. The highest BCUT2D eigenvalue weighted by atomic mass is 16.5. The summed E-state index contributed by atoms with van der Waals surface area (Å²) in [6.45, 7) is 5.56. The maximum absolute atomic E-state index is 9.10. The highest BCUT2D eigenvalue weighted by molar-refractivity contribution is 6.27. The van der Waals surface area contributed by atoms with Gasteiger partial charge in [-0.3, -0.25) is 9.80 Å². The third-order valence-electron chi connectivity index (χ3n) is 5.71. The van der Waals surface area contributed by atoms with Gasteiger partial charge >= 0.3 is 11.9 Å². The predicted molar refractivity (Wildman–Crippen MR) is 131 cm³/mol. The molecule has 11 nitrogen and oxygen atoms in total. The summed E-state index contributed by atoms with van der Waals surface area (Å²) in [5.41, 5.74) is 2.24. The Morgan fingerprint density at radius 1 is 0.667 bits per heavy atom. The highest BCUT2D eigenvalue weighted by Crippen LogP contribution is 2.40. The van der Waals surface area contributed by atoms with E-state index in [4.69, 9.17) is 43.5 Å². The molecule has 2 N–H and O–H groups in total. The SMILES string of the molecule is COc1ccc(OC)c(CN2CCN(Cc3ccc(OC)c(OC)c3OC)CC2)c1.O=C(O)C(=O)O. The first-order chi connectivity index (χ1) is 17.3. The topological polar surface area (TPSA) is 127 Å². The van der Waals surface area contributed by atoms with Crippen molar-refractivity contribution in [2.75, 3.05) is 61.7 Å². The zero-order chi connectivity index (χ0) is 26.7. The number of carbonyl (C=O) groups is 2. The van der Waals surface area contributed by atoms with Crippen molar-refractivity contribution in [3.05, 3.63) is 41.5 Å². The number of benzene rings is 2. The predicted octanol–water partition coefficient (Wildman–Crippen LogP) is 2.20. The number of hydrogen-bond acceptors (Lipinski definition) is 9. The Kier molecular flexibility index (Phi) is 11.1. The van der Waals surface area contributed by atoms with Crippen LogP contribution in [0.15, 0.2) is 30.3 Å². The molecule has 3 rings (SSSR count). The Hall–Kier alpha value is -3.70. The van der Waals surface area contributed by atoms with Gasteiger partial charge in [-0.2, -0.15) is 0 Å². The Morgan fingerprint density at radius 2 is 1.17 bits per heavy atom. The minimum atomic E-state index is -1.82. The first kappa shape index (κ1) is 28.5. The molecule has 0 aliphatic carbocycles. The van der Waals surface area contributed by atoms with Crippen LogP contribution in [0.3, 0.4) is 0 Å². The zero-order valence-electron chi connectivity index (χ0n) is 21.3. The molecule has 0 amide bonds. The van der Waals surface area contributed by atoms with Crippen molar-refractivity contribution >= 4 is 11.9 Å². The van der Waals surface area contributed by atoms with Crippen LogP contribution in [0.5, 0.6) is 28.7 Å². The van der Waals surface area contributed by atoms with E-state index in [-0.39, 0.29) is 0 Å². The molecule has 11 heteroatoms. The van der Waals surface area contributed by atoms with E-state index in [2.05, 4.69) is 15.9 Å². The number of carboxylic acids is 2. The molecule has 0 aromatic heterocycles. The van der Waals surface area contributed by atoms with Gasteiger partial charge in [0.2, 0.25) is 5.75 Å². The third-order valence-corrected chi connectivity index (χ3v) is 5.71. The van der Waals surface area contributed by atoms with Gasteiger partial charge in [0.25, 0.3) is 0 Å².